The van der Waals surface area contributed by atoms with E-state index in [9.17, 15) is 9.59 Å². The normalized spacial score (nSPS) is 10.9. The minimum atomic E-state index is -0.402. The van der Waals surface area contributed by atoms with E-state index in [2.05, 4.69) is 5.32 Å². The van der Waals surface area contributed by atoms with Crippen molar-refractivity contribution in [3.05, 3.63) is 58.4 Å². The van der Waals surface area contributed by atoms with Gasteiger partial charge in [-0.05, 0) is 46.0 Å². The molecule has 0 fully saturated rings. The van der Waals surface area contributed by atoms with Crippen LogP contribution in [-0.4, -0.2) is 55.1 Å². The Morgan fingerprint density at radius 2 is 1.81 bits per heavy atom. The van der Waals surface area contributed by atoms with Crippen LogP contribution in [-0.2, 0) is 11.3 Å². The SMILES string of the molecule is CCOC(=O)c1c(C)c(C(=O)NCCN(C)C)c(C)n1Cc1ccccc1. The first-order valence-corrected chi connectivity index (χ1v) is 9.20. The average Bonchev–Trinajstić information content (AvgIpc) is 2.86. The highest BCUT2D eigenvalue weighted by atomic mass is 16.5. The molecule has 2 aromatic rings. The summed E-state index contributed by atoms with van der Waals surface area (Å²) in [6.45, 7) is 7.55. The van der Waals surface area contributed by atoms with E-state index in [-0.39, 0.29) is 12.5 Å². The molecular formula is C21H29N3O3. The number of hydrogen-bond acceptors (Lipinski definition) is 4. The maximum Gasteiger partial charge on any atom is 0.355 e. The molecule has 6 nitrogen and oxygen atoms in total. The lowest BCUT2D eigenvalue weighted by atomic mass is 10.1. The van der Waals surface area contributed by atoms with Crippen molar-refractivity contribution in [2.45, 2.75) is 27.3 Å². The van der Waals surface area contributed by atoms with Crippen molar-refractivity contribution >= 4 is 11.9 Å². The predicted octanol–water partition coefficient (Wildman–Crippen LogP) is 2.62. The van der Waals surface area contributed by atoms with Crippen LogP contribution in [0.3, 0.4) is 0 Å². The van der Waals surface area contributed by atoms with Crippen LogP contribution in [0.15, 0.2) is 30.3 Å². The zero-order valence-corrected chi connectivity index (χ0v) is 16.8. The summed E-state index contributed by atoms with van der Waals surface area (Å²) in [5.41, 5.74) is 3.47. The molecule has 146 valence electrons. The van der Waals surface area contributed by atoms with Gasteiger partial charge in [-0.3, -0.25) is 4.79 Å². The number of aromatic nitrogens is 1. The Morgan fingerprint density at radius 1 is 1.15 bits per heavy atom. The van der Waals surface area contributed by atoms with Crippen molar-refractivity contribution in [1.82, 2.24) is 14.8 Å². The van der Waals surface area contributed by atoms with Crippen LogP contribution in [0, 0.1) is 13.8 Å². The molecule has 0 aliphatic carbocycles. The third-order valence-corrected chi connectivity index (χ3v) is 4.49. The number of rotatable bonds is 8. The third kappa shape index (κ3) is 4.98. The minimum Gasteiger partial charge on any atom is -0.461 e. The second-order valence-corrected chi connectivity index (χ2v) is 6.79. The van der Waals surface area contributed by atoms with Crippen LogP contribution < -0.4 is 5.32 Å². The number of nitrogens with one attached hydrogen (secondary N) is 1. The van der Waals surface area contributed by atoms with Crippen molar-refractivity contribution in [3.63, 3.8) is 0 Å². The highest BCUT2D eigenvalue weighted by Gasteiger charge is 2.27. The number of esters is 1. The average molecular weight is 371 g/mol. The first kappa shape index (κ1) is 20.7. The number of carbonyl (C=O) groups excluding carboxylic acids is 2. The maximum absolute atomic E-state index is 12.8. The molecule has 27 heavy (non-hydrogen) atoms. The summed E-state index contributed by atoms with van der Waals surface area (Å²) in [5, 5.41) is 2.94. The van der Waals surface area contributed by atoms with E-state index >= 15 is 0 Å². The smallest absolute Gasteiger partial charge is 0.355 e. The van der Waals surface area contributed by atoms with Crippen molar-refractivity contribution in [1.29, 1.82) is 0 Å². The summed E-state index contributed by atoms with van der Waals surface area (Å²) >= 11 is 0. The zero-order chi connectivity index (χ0) is 20.0. The van der Waals surface area contributed by atoms with Crippen LogP contribution in [0.1, 0.15) is 44.6 Å². The van der Waals surface area contributed by atoms with Gasteiger partial charge in [0.15, 0.2) is 0 Å². The fourth-order valence-corrected chi connectivity index (χ4v) is 3.14. The maximum atomic E-state index is 12.8. The van der Waals surface area contributed by atoms with Gasteiger partial charge < -0.3 is 19.5 Å². The Hall–Kier alpha value is -2.60. The van der Waals surface area contributed by atoms with Crippen molar-refractivity contribution in [2.24, 2.45) is 0 Å². The third-order valence-electron chi connectivity index (χ3n) is 4.49. The fourth-order valence-electron chi connectivity index (χ4n) is 3.14. The molecule has 0 saturated heterocycles. The van der Waals surface area contributed by atoms with Gasteiger partial charge >= 0.3 is 5.97 Å². The number of likely N-dealkylation sites (N-methyl/N-ethyl adjacent to an activating group) is 1. The van der Waals surface area contributed by atoms with Gasteiger partial charge in [-0.15, -0.1) is 0 Å². The number of ether oxygens (including phenoxy) is 1. The summed E-state index contributed by atoms with van der Waals surface area (Å²) in [5.74, 6) is -0.564. The van der Waals surface area contributed by atoms with Gasteiger partial charge in [0, 0.05) is 25.3 Å². The Balaban J connectivity index is 2.41. The molecule has 0 aliphatic heterocycles. The number of benzene rings is 1. The van der Waals surface area contributed by atoms with E-state index in [0.717, 1.165) is 17.8 Å². The first-order chi connectivity index (χ1) is 12.9. The quantitative estimate of drug-likeness (QED) is 0.725. The molecule has 0 spiro atoms. The summed E-state index contributed by atoms with van der Waals surface area (Å²) in [6, 6.07) is 9.87. The van der Waals surface area contributed by atoms with Crippen LogP contribution in [0.4, 0.5) is 0 Å². The molecule has 0 bridgehead atoms. The molecule has 0 unspecified atom stereocenters. The predicted molar refractivity (Wildman–Crippen MR) is 106 cm³/mol. The molecule has 0 atom stereocenters. The molecule has 1 aromatic heterocycles. The van der Waals surface area contributed by atoms with Crippen LogP contribution >= 0.6 is 0 Å². The van der Waals surface area contributed by atoms with Gasteiger partial charge in [0.1, 0.15) is 5.69 Å². The van der Waals surface area contributed by atoms with E-state index in [0.29, 0.717) is 29.9 Å². The highest BCUT2D eigenvalue weighted by Crippen LogP contribution is 2.24. The lowest BCUT2D eigenvalue weighted by Crippen LogP contribution is -2.31. The Bertz CT molecular complexity index is 795. The van der Waals surface area contributed by atoms with E-state index in [4.69, 9.17) is 4.74 Å². The van der Waals surface area contributed by atoms with Crippen LogP contribution in [0.5, 0.6) is 0 Å². The Labute approximate surface area is 161 Å². The zero-order valence-electron chi connectivity index (χ0n) is 16.8. The number of carbonyl (C=O) groups is 2. The second kappa shape index (κ2) is 9.37. The molecule has 0 aliphatic rings. The van der Waals surface area contributed by atoms with Crippen molar-refractivity contribution in [3.8, 4) is 0 Å². The number of amides is 1. The summed E-state index contributed by atoms with van der Waals surface area (Å²) in [7, 11) is 3.91. The van der Waals surface area contributed by atoms with Gasteiger partial charge in [-0.2, -0.15) is 0 Å². The summed E-state index contributed by atoms with van der Waals surface area (Å²) in [6.07, 6.45) is 0. The molecule has 1 aromatic carbocycles. The first-order valence-electron chi connectivity index (χ1n) is 9.20. The molecule has 0 radical (unpaired) electrons. The molecule has 6 heteroatoms. The molecule has 2 rings (SSSR count). The van der Waals surface area contributed by atoms with Crippen molar-refractivity contribution < 1.29 is 14.3 Å². The monoisotopic (exact) mass is 371 g/mol. The highest BCUT2D eigenvalue weighted by molar-refractivity contribution is 6.01. The molecule has 1 amide bonds. The van der Waals surface area contributed by atoms with Crippen LogP contribution in [0.25, 0.3) is 0 Å². The molecule has 1 heterocycles. The lowest BCUT2D eigenvalue weighted by molar-refractivity contribution is 0.0513. The largest absolute Gasteiger partial charge is 0.461 e. The molecule has 1 N–H and O–H groups in total. The van der Waals surface area contributed by atoms with E-state index in [1.807, 2.05) is 67.7 Å². The van der Waals surface area contributed by atoms with Gasteiger partial charge in [-0.1, -0.05) is 30.3 Å². The second-order valence-electron chi connectivity index (χ2n) is 6.79. The molecular weight excluding hydrogens is 342 g/mol. The van der Waals surface area contributed by atoms with Crippen molar-refractivity contribution in [2.75, 3.05) is 33.8 Å². The summed E-state index contributed by atoms with van der Waals surface area (Å²) in [4.78, 5) is 27.4. The summed E-state index contributed by atoms with van der Waals surface area (Å²) < 4.78 is 7.13. The van der Waals surface area contributed by atoms with Gasteiger partial charge in [0.05, 0.1) is 12.2 Å². The van der Waals surface area contributed by atoms with Crippen LogP contribution in [0.2, 0.25) is 0 Å². The van der Waals surface area contributed by atoms with Gasteiger partial charge in [0.25, 0.3) is 5.91 Å². The van der Waals surface area contributed by atoms with E-state index in [1.54, 1.807) is 6.92 Å². The standard InChI is InChI=1S/C21H29N3O3/c1-6-27-21(26)19-15(2)18(20(25)22-12-13-23(4)5)16(3)24(19)14-17-10-8-7-9-11-17/h7-11H,6,12-14H2,1-5H3,(H,22,25). The van der Waals surface area contributed by atoms with Gasteiger partial charge in [0.2, 0.25) is 0 Å². The lowest BCUT2D eigenvalue weighted by Gasteiger charge is -2.12. The topological polar surface area (TPSA) is 63.6 Å². The number of hydrogen-bond donors (Lipinski definition) is 1. The number of nitrogens with zero attached hydrogens (tertiary/aromatic N) is 2. The van der Waals surface area contributed by atoms with E-state index < -0.39 is 5.97 Å². The van der Waals surface area contributed by atoms with E-state index in [1.165, 1.54) is 0 Å². The molecule has 0 saturated carbocycles. The minimum absolute atomic E-state index is 0.163. The Kier molecular flexibility index (Phi) is 7.19. The Morgan fingerprint density at radius 3 is 2.41 bits per heavy atom. The van der Waals surface area contributed by atoms with Gasteiger partial charge in [-0.25, -0.2) is 4.79 Å². The fraction of sp³-hybridized carbons (Fsp3) is 0.429.